The average molecular weight is 2270 g/mol. The van der Waals surface area contributed by atoms with E-state index in [2.05, 4.69) is 149 Å². The number of halogens is 10. The second-order valence-electron chi connectivity index (χ2n) is 19.0. The number of alkyl halides is 3. The molecule has 0 aliphatic carbocycles. The Balaban J connectivity index is -0.000000580. The van der Waals surface area contributed by atoms with Crippen molar-refractivity contribution in [2.45, 2.75) is 102 Å². The van der Waals surface area contributed by atoms with Crippen LogP contribution < -0.4 is 33.1 Å². The molecule has 0 amide bonds. The molecule has 0 unspecified atom stereocenters. The number of benzene rings is 2. The van der Waals surface area contributed by atoms with Gasteiger partial charge in [0.25, 0.3) is 19.4 Å². The van der Waals surface area contributed by atoms with E-state index in [1.807, 2.05) is 76.3 Å². The van der Waals surface area contributed by atoms with E-state index < -0.39 is 24.8 Å². The molecule has 20 nitrogen and oxygen atoms in total. The van der Waals surface area contributed by atoms with Crippen LogP contribution in [0.1, 0.15) is 78.6 Å². The smallest absolute Gasteiger partial charge is 0.870 e. The molecule has 0 radical (unpaired) electrons. The van der Waals surface area contributed by atoms with Crippen LogP contribution >= 0.6 is 270 Å². The van der Waals surface area contributed by atoms with Gasteiger partial charge in [0, 0.05) is 126 Å². The van der Waals surface area contributed by atoms with Crippen molar-refractivity contribution in [1.82, 2.24) is 0 Å². The zero-order valence-electron chi connectivity index (χ0n) is 59.8. The number of ether oxygens (including phenoxy) is 4. The van der Waals surface area contributed by atoms with E-state index in [1.54, 1.807) is 103 Å². The van der Waals surface area contributed by atoms with Crippen molar-refractivity contribution in [2.24, 2.45) is 0 Å². The van der Waals surface area contributed by atoms with Crippen LogP contribution in [0.4, 0.5) is 4.39 Å². The van der Waals surface area contributed by atoms with Crippen LogP contribution in [-0.4, -0.2) is 128 Å². The number of thioether (sulfide) groups is 4. The summed E-state index contributed by atoms with van der Waals surface area (Å²) in [6, 6.07) is 19.3. The van der Waals surface area contributed by atoms with Gasteiger partial charge in [-0.1, -0.05) is 59.3 Å². The Morgan fingerprint density at radius 1 is 0.473 bits per heavy atom. The Kier molecular flexibility index (Phi) is 73.6. The normalized spacial score (nSPS) is 11.1. The molecule has 598 valence electrons. The molecule has 11 heterocycles. The monoisotopic (exact) mass is 2260 g/mol. The molecule has 0 atom stereocenters. The fraction of sp³-hybridized carbons (Fsp3) is 0.277. The van der Waals surface area contributed by atoms with Crippen LogP contribution in [0, 0.1) is 33.5 Å². The first-order valence-electron chi connectivity index (χ1n) is 29.8. The third-order valence-corrected chi connectivity index (χ3v) is 36.8. The molecule has 1 N–H and O–H groups in total. The maximum atomic E-state index is 13.2. The first-order chi connectivity index (χ1) is 52.1. The van der Waals surface area contributed by atoms with Gasteiger partial charge in [-0.3, -0.25) is 14.4 Å². The number of carbonyl (C=O) groups excluding carboxylic acids is 11. The van der Waals surface area contributed by atoms with Crippen LogP contribution in [-0.2, 0) is 135 Å². The number of carbonyl (C=O) groups is 3. The summed E-state index contributed by atoms with van der Waals surface area (Å²) < 4.78 is 86.7. The number of hydrogen-bond acceptors (Lipinski definition) is 31. The van der Waals surface area contributed by atoms with Gasteiger partial charge in [0.15, 0.2) is 40.7 Å². The molecule has 0 saturated heterocycles. The number of fused-ring (bicyclic) bond motifs is 4. The van der Waals surface area contributed by atoms with Crippen LogP contribution in [0.3, 0.4) is 0 Å². The summed E-state index contributed by atoms with van der Waals surface area (Å²) in [5.74, 6) is 9.20. The number of thiophene rings is 7. The van der Waals surface area contributed by atoms with Crippen LogP contribution in [0.15, 0.2) is 120 Å². The standard InChI is InChI=1S/C13H12O4S2.C7H7BrCl2S.C7H5BrO2S2.2C7H7BrS2.C7H5FO2S2.C5H3BrO2S.C5H5BrS.C3H7ClO.4CO2.Li.2Na.H2O.H2S/c14-18(15,12-7-3-1-4-8-12)11-19(16,17)13-9-5-2-6-10-13;1-4-7(8)5(2-9)6(3-10)11-4;8-6-4-1-11-2-5(4)12-7(6)10-3-9;2*1-4-7(8)5-2-9-3-6(5)10-4;8-6-4-1-11-2-5(4)12-7(6)10-3-9;6-4-1-2-9-5(4)8-3-7;1-4-5(6)2-3-7-4;1-2-5-3-4;4*2-1-3;;;;;/h1-10H,11H2;2-3H2,1H3;3H,1-2H2;2*2-3H2,1H3;3H,1-2H2;1-3H;2-3H,1H3;2-3H2,1H3;;;;;;;;2*1H2/q;;;;;;;;;;;;;+1;;;;/p-1. The Morgan fingerprint density at radius 2 is 0.821 bits per heavy atom. The third kappa shape index (κ3) is 43.7. The minimum atomic E-state index is -3.85. The second kappa shape index (κ2) is 69.6. The minimum Gasteiger partial charge on any atom is -0.870 e. The Labute approximate surface area is 805 Å². The first kappa shape index (κ1) is 118. The largest absolute Gasteiger partial charge is 0.870 e. The SMILES string of the molecule is CCOCCl.Cc1sc(CCl)c(CCl)c1Br.Cc1sc2c(c1Br)CSC2.Cc1sc2c(c1Br)CSC2.Cc1sccc1Br.O=C=O.O=C=O.O=C=O.O=C=O.O=COc1sc2c(c1Br)CSC2.O=COc1sc2c(c1F)CSC2.O=COc1sccc1Br.O=S(=O)(CS(=O)(=O)c1ccccc1)c1ccccc1.S.[Li+].[Na][Na].[OH-]. The Bertz CT molecular complexity index is 4340. The van der Waals surface area contributed by atoms with Crippen molar-refractivity contribution in [3.63, 3.8) is 0 Å². The number of rotatable bonds is 14. The molecule has 9 aromatic rings. The summed E-state index contributed by atoms with van der Waals surface area (Å²) in [4.78, 5) is 107. The number of aryl methyl sites for hydroxylation is 4. The van der Waals surface area contributed by atoms with Gasteiger partial charge in [-0.2, -0.15) is 98.9 Å². The van der Waals surface area contributed by atoms with E-state index in [0.717, 1.165) is 41.1 Å². The molecule has 0 spiro atoms. The molecule has 7 aromatic heterocycles. The van der Waals surface area contributed by atoms with Gasteiger partial charge < -0.3 is 24.4 Å². The van der Waals surface area contributed by atoms with E-state index in [1.165, 1.54) is 162 Å². The predicted octanol–water partition coefficient (Wildman–Crippen LogP) is 18.2. The molecule has 0 saturated carbocycles. The summed E-state index contributed by atoms with van der Waals surface area (Å²) in [6.07, 6.45) is 1.00. The summed E-state index contributed by atoms with van der Waals surface area (Å²) >= 11 is 59.2. The van der Waals surface area contributed by atoms with Crippen LogP contribution in [0.5, 0.6) is 15.2 Å². The van der Waals surface area contributed by atoms with Crippen molar-refractivity contribution in [2.75, 3.05) is 17.8 Å². The summed E-state index contributed by atoms with van der Waals surface area (Å²) in [6.45, 7) is 12.3. The molecule has 112 heavy (non-hydrogen) atoms. The molecule has 47 heteroatoms. The summed E-state index contributed by atoms with van der Waals surface area (Å²) in [5.41, 5.74) is 6.24. The molecular formula is C65H61Br6Cl3FLiNa2O20S14. The predicted molar refractivity (Wildman–Crippen MR) is 473 cm³/mol. The fourth-order valence-corrected chi connectivity index (χ4v) is 29.3. The van der Waals surface area contributed by atoms with E-state index in [4.69, 9.17) is 77.9 Å². The van der Waals surface area contributed by atoms with Gasteiger partial charge in [-0.25, -0.2) is 21.2 Å². The molecule has 0 fully saturated rings. The number of sulfone groups is 2. The Hall–Kier alpha value is 0.117. The molecule has 4 aliphatic rings. The van der Waals surface area contributed by atoms with Crippen LogP contribution in [0.2, 0.25) is 0 Å². The van der Waals surface area contributed by atoms with E-state index in [9.17, 15) is 35.6 Å². The Morgan fingerprint density at radius 3 is 1.12 bits per heavy atom. The van der Waals surface area contributed by atoms with Gasteiger partial charge >= 0.3 is 87.1 Å². The third-order valence-electron chi connectivity index (χ3n) is 12.4. The number of hydrogen-bond donors (Lipinski definition) is 0. The average Bonchev–Trinajstić information content (AvgIpc) is 1.67. The van der Waals surface area contributed by atoms with E-state index in [0.29, 0.717) is 58.8 Å². The zero-order valence-corrected chi connectivity index (χ0v) is 87.2. The van der Waals surface area contributed by atoms with E-state index >= 15 is 0 Å². The minimum absolute atomic E-state index is 0. The maximum absolute atomic E-state index is 13.2. The van der Waals surface area contributed by atoms with Gasteiger partial charge in [-0.15, -0.1) is 91.2 Å². The summed E-state index contributed by atoms with van der Waals surface area (Å²) in [7, 11) is -7.71. The molecule has 0 bridgehead atoms. The zero-order chi connectivity index (χ0) is 82.7. The summed E-state index contributed by atoms with van der Waals surface area (Å²) in [5, 5.41) is 4.38. The van der Waals surface area contributed by atoms with Crippen molar-refractivity contribution >= 4 is 378 Å². The molecule has 2 aromatic carbocycles. The molecule has 13 rings (SSSR count). The van der Waals surface area contributed by atoms with Crippen molar-refractivity contribution < 1.29 is 117 Å². The topological polar surface area (TPSA) is 323 Å². The van der Waals surface area contributed by atoms with E-state index in [-0.39, 0.29) is 89.6 Å². The fourth-order valence-electron chi connectivity index (χ4n) is 7.76. The van der Waals surface area contributed by atoms with Crippen LogP contribution in [0.25, 0.3) is 0 Å². The van der Waals surface area contributed by atoms with Gasteiger partial charge in [-0.05, 0) is 200 Å². The maximum Gasteiger partial charge on any atom is -0.870 e. The first-order valence-corrected chi connectivity index (χ1v) is 57.9. The van der Waals surface area contributed by atoms with Crippen molar-refractivity contribution in [3.8, 4) is 15.2 Å². The quantitative estimate of drug-likeness (QED) is 0.0554. The van der Waals surface area contributed by atoms with Crippen molar-refractivity contribution in [1.29, 1.82) is 0 Å². The second-order valence-corrected chi connectivity index (χ2v) is 41.0. The van der Waals surface area contributed by atoms with Gasteiger partial charge in [0.2, 0.25) is 5.06 Å². The molecule has 4 aliphatic heterocycles. The molecular weight excluding hydrogens is 2210 g/mol. The van der Waals surface area contributed by atoms with Crippen molar-refractivity contribution in [3.05, 3.63) is 188 Å². The van der Waals surface area contributed by atoms with Gasteiger partial charge in [0.05, 0.1) is 24.6 Å². The van der Waals surface area contributed by atoms with Gasteiger partial charge in [0.1, 0.15) is 6.07 Å².